The molecule has 1 aliphatic heterocycles. The summed E-state index contributed by atoms with van der Waals surface area (Å²) in [5.74, 6) is 0.628. The van der Waals surface area contributed by atoms with Crippen LogP contribution in [0.1, 0.15) is 18.5 Å². The maximum absolute atomic E-state index is 11.9. The molecule has 1 fully saturated rings. The van der Waals surface area contributed by atoms with Crippen LogP contribution in [-0.2, 0) is 10.8 Å². The van der Waals surface area contributed by atoms with Gasteiger partial charge in [-0.15, -0.1) is 0 Å². The van der Waals surface area contributed by atoms with Crippen molar-refractivity contribution in [1.82, 2.24) is 15.3 Å². The van der Waals surface area contributed by atoms with Gasteiger partial charge in [-0.3, -0.25) is 4.21 Å². The van der Waals surface area contributed by atoms with Gasteiger partial charge in [0.05, 0.1) is 10.8 Å². The summed E-state index contributed by atoms with van der Waals surface area (Å²) in [5.41, 5.74) is 0.868. The van der Waals surface area contributed by atoms with E-state index in [9.17, 15) is 4.21 Å². The minimum Gasteiger partial charge on any atom is -0.313 e. The Kier molecular flexibility index (Phi) is 3.43. The monoisotopic (exact) mass is 225 g/mol. The highest BCUT2D eigenvalue weighted by Gasteiger charge is 2.18. The fourth-order valence-electron chi connectivity index (χ4n) is 1.69. The molecule has 5 heteroatoms. The average molecular weight is 225 g/mol. The lowest BCUT2D eigenvalue weighted by molar-refractivity contribution is 0.637. The average Bonchev–Trinajstić information content (AvgIpc) is 2.70. The molecule has 0 aliphatic carbocycles. The van der Waals surface area contributed by atoms with Gasteiger partial charge in [-0.2, -0.15) is 0 Å². The Balaban J connectivity index is 2.01. The molecule has 1 saturated heterocycles. The number of nitrogens with zero attached hydrogens (tertiary/aromatic N) is 2. The van der Waals surface area contributed by atoms with Crippen LogP contribution in [0.25, 0.3) is 0 Å². The van der Waals surface area contributed by atoms with Gasteiger partial charge in [0, 0.05) is 23.7 Å². The molecule has 2 atom stereocenters. The molecule has 0 bridgehead atoms. The number of aromatic nitrogens is 2. The molecule has 82 valence electrons. The zero-order valence-corrected chi connectivity index (χ0v) is 9.59. The zero-order chi connectivity index (χ0) is 10.7. The van der Waals surface area contributed by atoms with E-state index in [1.165, 1.54) is 6.42 Å². The zero-order valence-electron chi connectivity index (χ0n) is 8.77. The molecule has 0 amide bonds. The molecule has 0 radical (unpaired) electrons. The second-order valence-electron chi connectivity index (χ2n) is 3.79. The highest BCUT2D eigenvalue weighted by Crippen LogP contribution is 2.09. The fourth-order valence-corrected chi connectivity index (χ4v) is 2.92. The van der Waals surface area contributed by atoms with Crippen LogP contribution in [0.2, 0.25) is 0 Å². The van der Waals surface area contributed by atoms with Crippen LogP contribution >= 0.6 is 0 Å². The Hall–Kier alpha value is -0.810. The number of hydrogen-bond acceptors (Lipinski definition) is 4. The third-order valence-electron chi connectivity index (χ3n) is 2.49. The van der Waals surface area contributed by atoms with E-state index in [0.717, 1.165) is 18.7 Å². The summed E-state index contributed by atoms with van der Waals surface area (Å²) in [6, 6.07) is 2.18. The summed E-state index contributed by atoms with van der Waals surface area (Å²) < 4.78 is 11.9. The Bertz CT molecular complexity index is 363. The summed E-state index contributed by atoms with van der Waals surface area (Å²) in [6.45, 7) is 2.92. The molecule has 15 heavy (non-hydrogen) atoms. The maximum atomic E-state index is 11.9. The van der Waals surface area contributed by atoms with E-state index in [0.29, 0.717) is 17.0 Å². The van der Waals surface area contributed by atoms with Gasteiger partial charge in [-0.1, -0.05) is 0 Å². The molecule has 2 heterocycles. The maximum Gasteiger partial charge on any atom is 0.218 e. The molecule has 0 unspecified atom stereocenters. The largest absolute Gasteiger partial charge is 0.313 e. The van der Waals surface area contributed by atoms with Crippen molar-refractivity contribution in [2.75, 3.05) is 12.3 Å². The quantitative estimate of drug-likeness (QED) is 0.767. The summed E-state index contributed by atoms with van der Waals surface area (Å²) >= 11 is 0. The van der Waals surface area contributed by atoms with Crippen molar-refractivity contribution in [3.05, 3.63) is 18.0 Å². The minimum absolute atomic E-state index is 0.370. The van der Waals surface area contributed by atoms with Gasteiger partial charge in [0.1, 0.15) is 0 Å². The van der Waals surface area contributed by atoms with Crippen LogP contribution in [0.4, 0.5) is 0 Å². The SMILES string of the molecule is Cc1ccnc([S@](=O)C[C@H]2CCCN2)n1. The second-order valence-corrected chi connectivity index (χ2v) is 5.18. The van der Waals surface area contributed by atoms with Crippen molar-refractivity contribution in [3.63, 3.8) is 0 Å². The molecule has 1 aliphatic rings. The topological polar surface area (TPSA) is 54.9 Å². The molecule has 4 nitrogen and oxygen atoms in total. The van der Waals surface area contributed by atoms with E-state index in [1.807, 2.05) is 13.0 Å². The van der Waals surface area contributed by atoms with Gasteiger partial charge in [0.25, 0.3) is 0 Å². The lowest BCUT2D eigenvalue weighted by atomic mass is 10.3. The normalized spacial score (nSPS) is 22.9. The van der Waals surface area contributed by atoms with Crippen LogP contribution in [0.15, 0.2) is 17.4 Å². The standard InChI is InChI=1S/C10H15N3OS/c1-8-4-6-12-10(13-8)15(14)7-9-3-2-5-11-9/h4,6,9,11H,2-3,5,7H2,1H3/t9-,15-/m1/s1. The van der Waals surface area contributed by atoms with Gasteiger partial charge < -0.3 is 5.32 Å². The van der Waals surface area contributed by atoms with Gasteiger partial charge in [0.2, 0.25) is 5.16 Å². The third kappa shape index (κ3) is 2.82. The van der Waals surface area contributed by atoms with Crippen molar-refractivity contribution in [2.45, 2.75) is 31.0 Å². The first-order valence-electron chi connectivity index (χ1n) is 5.17. The number of aryl methyl sites for hydroxylation is 1. The highest BCUT2D eigenvalue weighted by molar-refractivity contribution is 7.84. The van der Waals surface area contributed by atoms with Crippen molar-refractivity contribution in [1.29, 1.82) is 0 Å². The summed E-state index contributed by atoms with van der Waals surface area (Å²) in [7, 11) is -1.07. The van der Waals surface area contributed by atoms with Crippen LogP contribution < -0.4 is 5.32 Å². The Labute approximate surface area is 92.0 Å². The summed E-state index contributed by atoms with van der Waals surface area (Å²) in [4.78, 5) is 8.22. The van der Waals surface area contributed by atoms with Crippen molar-refractivity contribution in [3.8, 4) is 0 Å². The molecular formula is C10H15N3OS. The molecule has 1 aromatic heterocycles. The number of rotatable bonds is 3. The lowest BCUT2D eigenvalue weighted by Gasteiger charge is -2.08. The smallest absolute Gasteiger partial charge is 0.218 e. The Morgan fingerprint density at radius 3 is 3.20 bits per heavy atom. The van der Waals surface area contributed by atoms with Gasteiger partial charge in [-0.25, -0.2) is 9.97 Å². The minimum atomic E-state index is -1.07. The van der Waals surface area contributed by atoms with E-state index >= 15 is 0 Å². The van der Waals surface area contributed by atoms with Gasteiger partial charge in [-0.05, 0) is 32.4 Å². The second kappa shape index (κ2) is 4.81. The molecule has 0 saturated carbocycles. The fraction of sp³-hybridized carbons (Fsp3) is 0.600. The first-order chi connectivity index (χ1) is 7.25. The summed E-state index contributed by atoms with van der Waals surface area (Å²) in [6.07, 6.45) is 3.95. The highest BCUT2D eigenvalue weighted by atomic mass is 32.2. The van der Waals surface area contributed by atoms with Crippen molar-refractivity contribution in [2.24, 2.45) is 0 Å². The molecule has 0 spiro atoms. The van der Waals surface area contributed by atoms with E-state index in [1.54, 1.807) is 6.20 Å². The van der Waals surface area contributed by atoms with Crippen LogP contribution in [0, 0.1) is 6.92 Å². The Morgan fingerprint density at radius 1 is 1.67 bits per heavy atom. The van der Waals surface area contributed by atoms with Crippen LogP contribution in [-0.4, -0.2) is 32.5 Å². The molecule has 1 N–H and O–H groups in total. The van der Waals surface area contributed by atoms with Crippen LogP contribution in [0.3, 0.4) is 0 Å². The van der Waals surface area contributed by atoms with Gasteiger partial charge in [0.15, 0.2) is 0 Å². The van der Waals surface area contributed by atoms with E-state index in [4.69, 9.17) is 0 Å². The van der Waals surface area contributed by atoms with Gasteiger partial charge >= 0.3 is 0 Å². The van der Waals surface area contributed by atoms with Crippen molar-refractivity contribution < 1.29 is 4.21 Å². The lowest BCUT2D eigenvalue weighted by Crippen LogP contribution is -2.28. The predicted molar refractivity (Wildman–Crippen MR) is 59.1 cm³/mol. The van der Waals surface area contributed by atoms with E-state index < -0.39 is 10.8 Å². The van der Waals surface area contributed by atoms with E-state index in [2.05, 4.69) is 15.3 Å². The Morgan fingerprint density at radius 2 is 2.53 bits per heavy atom. The van der Waals surface area contributed by atoms with Crippen molar-refractivity contribution >= 4 is 10.8 Å². The molecule has 0 aromatic carbocycles. The van der Waals surface area contributed by atoms with E-state index in [-0.39, 0.29) is 0 Å². The molecule has 2 rings (SSSR count). The first kappa shape index (κ1) is 10.7. The summed E-state index contributed by atoms with van der Waals surface area (Å²) in [5, 5.41) is 3.79. The number of nitrogens with one attached hydrogen (secondary N) is 1. The first-order valence-corrected chi connectivity index (χ1v) is 6.49. The predicted octanol–water partition coefficient (Wildman–Crippen LogP) is 0.645. The van der Waals surface area contributed by atoms with Crippen LogP contribution in [0.5, 0.6) is 0 Å². The molecular weight excluding hydrogens is 210 g/mol. The molecule has 1 aromatic rings. The third-order valence-corrected chi connectivity index (χ3v) is 3.80. The number of hydrogen-bond donors (Lipinski definition) is 1.